The molecule has 1 rings (SSSR count). The van der Waals surface area contributed by atoms with E-state index in [1.165, 1.54) is 7.11 Å². The van der Waals surface area contributed by atoms with E-state index in [0.29, 0.717) is 5.56 Å². The molecule has 0 aliphatic rings. The lowest BCUT2D eigenvalue weighted by Gasteiger charge is -2.18. The highest BCUT2D eigenvalue weighted by Gasteiger charge is 2.16. The fourth-order valence-electron chi connectivity index (χ4n) is 1.05. The Morgan fingerprint density at radius 3 is 2.73 bits per heavy atom. The number of aromatic nitrogens is 2. The predicted octanol–water partition coefficient (Wildman–Crippen LogP) is 0.972. The fraction of sp³-hybridized carbons (Fsp3) is 0.600. The first-order valence-electron chi connectivity index (χ1n) is 4.77. The molecule has 0 aliphatic carbocycles. The van der Waals surface area contributed by atoms with Crippen molar-refractivity contribution in [2.75, 3.05) is 13.8 Å². The summed E-state index contributed by atoms with van der Waals surface area (Å²) < 4.78 is 6.51. The minimum atomic E-state index is -0.174. The van der Waals surface area contributed by atoms with Gasteiger partial charge in [0.1, 0.15) is 6.73 Å². The van der Waals surface area contributed by atoms with Gasteiger partial charge in [0.05, 0.1) is 17.3 Å². The molecular formula is C10H17N3O2. The van der Waals surface area contributed by atoms with Gasteiger partial charge in [-0.15, -0.1) is 0 Å². The van der Waals surface area contributed by atoms with Gasteiger partial charge < -0.3 is 10.1 Å². The molecule has 0 aromatic carbocycles. The van der Waals surface area contributed by atoms with E-state index in [9.17, 15) is 4.79 Å². The Kier molecular flexibility index (Phi) is 3.47. The fourth-order valence-corrected chi connectivity index (χ4v) is 1.05. The molecule has 5 heteroatoms. The van der Waals surface area contributed by atoms with Gasteiger partial charge in [-0.2, -0.15) is 5.10 Å². The van der Waals surface area contributed by atoms with Crippen molar-refractivity contribution >= 4 is 5.91 Å². The number of rotatable bonds is 3. The van der Waals surface area contributed by atoms with Crippen LogP contribution in [0.15, 0.2) is 12.4 Å². The smallest absolute Gasteiger partial charge is 0.256 e. The van der Waals surface area contributed by atoms with Gasteiger partial charge in [-0.1, -0.05) is 0 Å². The summed E-state index contributed by atoms with van der Waals surface area (Å²) in [6.45, 7) is 6.28. The normalized spacial score (nSPS) is 11.5. The van der Waals surface area contributed by atoms with Crippen LogP contribution in [0, 0.1) is 0 Å². The highest BCUT2D eigenvalue weighted by atomic mass is 16.5. The molecule has 1 amide bonds. The van der Waals surface area contributed by atoms with Crippen LogP contribution in [0.5, 0.6) is 0 Å². The maximum absolute atomic E-state index is 11.5. The Bertz CT molecular complexity index is 339. The van der Waals surface area contributed by atoms with Crippen LogP contribution >= 0.6 is 0 Å². The van der Waals surface area contributed by atoms with E-state index in [4.69, 9.17) is 4.74 Å². The van der Waals surface area contributed by atoms with Gasteiger partial charge in [-0.25, -0.2) is 0 Å². The largest absolute Gasteiger partial charge is 0.364 e. The lowest BCUT2D eigenvalue weighted by Crippen LogP contribution is -2.25. The average molecular weight is 211 g/mol. The van der Waals surface area contributed by atoms with E-state index >= 15 is 0 Å². The van der Waals surface area contributed by atoms with Crippen LogP contribution in [0.4, 0.5) is 0 Å². The summed E-state index contributed by atoms with van der Waals surface area (Å²) in [7, 11) is 1.53. The summed E-state index contributed by atoms with van der Waals surface area (Å²) in [5.41, 5.74) is 0.432. The summed E-state index contributed by atoms with van der Waals surface area (Å²) in [5, 5.41) is 6.73. The lowest BCUT2D eigenvalue weighted by atomic mass is 10.1. The van der Waals surface area contributed by atoms with Crippen LogP contribution in [-0.2, 0) is 10.3 Å². The van der Waals surface area contributed by atoms with Gasteiger partial charge in [0.15, 0.2) is 0 Å². The molecule has 0 unspecified atom stereocenters. The molecule has 0 aliphatic heterocycles. The summed E-state index contributed by atoms with van der Waals surface area (Å²) >= 11 is 0. The molecular weight excluding hydrogens is 194 g/mol. The third-order valence-corrected chi connectivity index (χ3v) is 1.91. The van der Waals surface area contributed by atoms with Crippen LogP contribution < -0.4 is 5.32 Å². The summed E-state index contributed by atoms with van der Waals surface area (Å²) in [6.07, 6.45) is 3.28. The average Bonchev–Trinajstić information content (AvgIpc) is 2.62. The quantitative estimate of drug-likeness (QED) is 0.758. The number of nitrogens with one attached hydrogen (secondary N) is 1. The number of hydrogen-bond donors (Lipinski definition) is 1. The predicted molar refractivity (Wildman–Crippen MR) is 56.6 cm³/mol. The Balaban J connectivity index is 2.72. The van der Waals surface area contributed by atoms with E-state index in [0.717, 1.165) is 0 Å². The van der Waals surface area contributed by atoms with E-state index in [1.807, 2.05) is 20.8 Å². The van der Waals surface area contributed by atoms with Gasteiger partial charge >= 0.3 is 0 Å². The van der Waals surface area contributed by atoms with Crippen molar-refractivity contribution < 1.29 is 9.53 Å². The van der Waals surface area contributed by atoms with Crippen LogP contribution in [0.3, 0.4) is 0 Å². The van der Waals surface area contributed by atoms with E-state index in [-0.39, 0.29) is 18.2 Å². The van der Waals surface area contributed by atoms with Gasteiger partial charge in [0.25, 0.3) is 5.91 Å². The topological polar surface area (TPSA) is 56.1 Å². The molecule has 1 N–H and O–H groups in total. The summed E-state index contributed by atoms with van der Waals surface area (Å²) in [5.74, 6) is -0.174. The molecule has 5 nitrogen and oxygen atoms in total. The first-order valence-corrected chi connectivity index (χ1v) is 4.77. The standard InChI is InChI=1S/C10H17N3O2/c1-10(2,3)13-6-8(5-12-13)9(14)11-7-15-4/h5-6H,7H2,1-4H3,(H,11,14). The van der Waals surface area contributed by atoms with Gasteiger partial charge in [-0.3, -0.25) is 9.48 Å². The highest BCUT2D eigenvalue weighted by Crippen LogP contribution is 2.12. The van der Waals surface area contributed by atoms with Crippen LogP contribution in [0.1, 0.15) is 31.1 Å². The molecule has 1 heterocycles. The van der Waals surface area contributed by atoms with Crippen molar-refractivity contribution in [3.63, 3.8) is 0 Å². The third-order valence-electron chi connectivity index (χ3n) is 1.91. The molecule has 0 saturated heterocycles. The van der Waals surface area contributed by atoms with E-state index in [1.54, 1.807) is 17.1 Å². The Labute approximate surface area is 89.4 Å². The minimum absolute atomic E-state index is 0.111. The first kappa shape index (κ1) is 11.7. The van der Waals surface area contributed by atoms with Crippen LogP contribution in [0.2, 0.25) is 0 Å². The summed E-state index contributed by atoms with van der Waals surface area (Å²) in [4.78, 5) is 11.5. The van der Waals surface area contributed by atoms with Crippen LogP contribution in [0.25, 0.3) is 0 Å². The highest BCUT2D eigenvalue weighted by molar-refractivity contribution is 5.93. The number of hydrogen-bond acceptors (Lipinski definition) is 3. The number of amides is 1. The van der Waals surface area contributed by atoms with Crippen molar-refractivity contribution in [2.24, 2.45) is 0 Å². The molecule has 0 atom stereocenters. The van der Waals surface area contributed by atoms with Gasteiger partial charge in [0, 0.05) is 13.3 Å². The second kappa shape index (κ2) is 4.44. The van der Waals surface area contributed by atoms with Crippen LogP contribution in [-0.4, -0.2) is 29.5 Å². The lowest BCUT2D eigenvalue weighted by molar-refractivity contribution is 0.0872. The zero-order valence-electron chi connectivity index (χ0n) is 9.57. The summed E-state index contributed by atoms with van der Waals surface area (Å²) in [6, 6.07) is 0. The van der Waals surface area contributed by atoms with Crippen molar-refractivity contribution in [1.82, 2.24) is 15.1 Å². The van der Waals surface area contributed by atoms with E-state index < -0.39 is 0 Å². The molecule has 0 fully saturated rings. The van der Waals surface area contributed by atoms with Crippen molar-refractivity contribution in [1.29, 1.82) is 0 Å². The maximum atomic E-state index is 11.5. The zero-order valence-corrected chi connectivity index (χ0v) is 9.57. The molecule has 1 aromatic rings. The second-order valence-electron chi connectivity index (χ2n) is 4.28. The van der Waals surface area contributed by atoms with Crippen molar-refractivity contribution in [3.8, 4) is 0 Å². The molecule has 0 radical (unpaired) electrons. The number of nitrogens with zero attached hydrogens (tertiary/aromatic N) is 2. The number of ether oxygens (including phenoxy) is 1. The molecule has 1 aromatic heterocycles. The number of carbonyl (C=O) groups is 1. The Morgan fingerprint density at radius 2 is 2.27 bits per heavy atom. The van der Waals surface area contributed by atoms with Crippen molar-refractivity contribution in [3.05, 3.63) is 18.0 Å². The first-order chi connectivity index (χ1) is 6.95. The van der Waals surface area contributed by atoms with Gasteiger partial charge in [0.2, 0.25) is 0 Å². The van der Waals surface area contributed by atoms with Crippen molar-refractivity contribution in [2.45, 2.75) is 26.3 Å². The van der Waals surface area contributed by atoms with Gasteiger partial charge in [-0.05, 0) is 20.8 Å². The Morgan fingerprint density at radius 1 is 1.60 bits per heavy atom. The molecule has 0 saturated carbocycles. The molecule has 0 bridgehead atoms. The zero-order chi connectivity index (χ0) is 11.5. The number of methoxy groups -OCH3 is 1. The molecule has 0 spiro atoms. The molecule has 84 valence electrons. The Hall–Kier alpha value is -1.36. The second-order valence-corrected chi connectivity index (χ2v) is 4.28. The third kappa shape index (κ3) is 3.06. The molecule has 15 heavy (non-hydrogen) atoms. The minimum Gasteiger partial charge on any atom is -0.364 e. The maximum Gasteiger partial charge on any atom is 0.256 e. The SMILES string of the molecule is COCNC(=O)c1cnn(C(C)(C)C)c1. The van der Waals surface area contributed by atoms with E-state index in [2.05, 4.69) is 10.4 Å². The number of carbonyl (C=O) groups excluding carboxylic acids is 1. The monoisotopic (exact) mass is 211 g/mol.